The lowest BCUT2D eigenvalue weighted by Crippen LogP contribution is -2.05. The van der Waals surface area contributed by atoms with Crippen LogP contribution in [0.4, 0.5) is 0 Å². The molecule has 0 heterocycles. The van der Waals surface area contributed by atoms with Crippen LogP contribution < -0.4 is 5.73 Å². The van der Waals surface area contributed by atoms with E-state index in [1.807, 2.05) is 6.92 Å². The van der Waals surface area contributed by atoms with Crippen molar-refractivity contribution in [1.82, 2.24) is 0 Å². The van der Waals surface area contributed by atoms with Crippen molar-refractivity contribution >= 4 is 10.8 Å². The molecule has 78 valence electrons. The lowest BCUT2D eigenvalue weighted by molar-refractivity contribution is 0.826. The molecule has 0 bridgehead atoms. The smallest absolute Gasteiger partial charge is 0.0272 e. The molecule has 0 aliphatic carbocycles. The van der Waals surface area contributed by atoms with E-state index < -0.39 is 0 Å². The van der Waals surface area contributed by atoms with E-state index in [1.54, 1.807) is 0 Å². The van der Waals surface area contributed by atoms with Crippen LogP contribution in [0.15, 0.2) is 30.3 Å². The predicted molar refractivity (Wildman–Crippen MR) is 66.0 cm³/mol. The first-order valence-corrected chi connectivity index (χ1v) is 5.35. The van der Waals surface area contributed by atoms with E-state index in [2.05, 4.69) is 44.2 Å². The molecule has 0 aliphatic heterocycles. The van der Waals surface area contributed by atoms with Crippen molar-refractivity contribution in [3.8, 4) is 0 Å². The summed E-state index contributed by atoms with van der Waals surface area (Å²) >= 11 is 0. The van der Waals surface area contributed by atoms with Crippen LogP contribution in [0.2, 0.25) is 0 Å². The zero-order valence-corrected chi connectivity index (χ0v) is 9.54. The number of nitrogens with two attached hydrogens (primary N) is 1. The highest BCUT2D eigenvalue weighted by Crippen LogP contribution is 2.25. The highest BCUT2D eigenvalue weighted by molar-refractivity contribution is 5.87. The van der Waals surface area contributed by atoms with E-state index >= 15 is 0 Å². The van der Waals surface area contributed by atoms with Crippen molar-refractivity contribution in [2.24, 2.45) is 5.73 Å². The van der Waals surface area contributed by atoms with Gasteiger partial charge in [0.05, 0.1) is 0 Å². The minimum absolute atomic E-state index is 0.0933. The summed E-state index contributed by atoms with van der Waals surface area (Å²) in [6.45, 7) is 6.32. The van der Waals surface area contributed by atoms with Crippen LogP contribution in [-0.4, -0.2) is 0 Å². The van der Waals surface area contributed by atoms with E-state index in [4.69, 9.17) is 5.73 Å². The Kier molecular flexibility index (Phi) is 2.49. The third-order valence-electron chi connectivity index (χ3n) is 3.02. The van der Waals surface area contributed by atoms with Crippen molar-refractivity contribution in [3.63, 3.8) is 0 Å². The van der Waals surface area contributed by atoms with Gasteiger partial charge in [0.15, 0.2) is 0 Å². The molecule has 0 fully saturated rings. The van der Waals surface area contributed by atoms with Crippen molar-refractivity contribution in [2.45, 2.75) is 26.8 Å². The molecule has 0 saturated heterocycles. The fourth-order valence-electron chi connectivity index (χ4n) is 1.97. The summed E-state index contributed by atoms with van der Waals surface area (Å²) in [4.78, 5) is 0. The lowest BCUT2D eigenvalue weighted by Gasteiger charge is -2.11. The summed E-state index contributed by atoms with van der Waals surface area (Å²) in [5.74, 6) is 0. The first-order chi connectivity index (χ1) is 7.09. The second-order valence-electron chi connectivity index (χ2n) is 4.29. The number of hydrogen-bond donors (Lipinski definition) is 1. The number of hydrogen-bond acceptors (Lipinski definition) is 1. The molecule has 1 nitrogen and oxygen atoms in total. The Labute approximate surface area is 90.9 Å². The molecule has 1 atom stereocenters. The number of benzene rings is 2. The SMILES string of the molecule is Cc1cc2cccc(C(C)N)c2cc1C. The summed E-state index contributed by atoms with van der Waals surface area (Å²) in [5, 5.41) is 2.57. The van der Waals surface area contributed by atoms with E-state index in [0.717, 1.165) is 0 Å². The van der Waals surface area contributed by atoms with Crippen molar-refractivity contribution in [3.05, 3.63) is 47.0 Å². The van der Waals surface area contributed by atoms with E-state index in [1.165, 1.54) is 27.5 Å². The Hall–Kier alpha value is -1.34. The first kappa shape index (κ1) is 10.2. The van der Waals surface area contributed by atoms with Gasteiger partial charge < -0.3 is 5.73 Å². The van der Waals surface area contributed by atoms with Gasteiger partial charge in [0.1, 0.15) is 0 Å². The molecule has 0 aliphatic rings. The lowest BCUT2D eigenvalue weighted by atomic mass is 9.96. The van der Waals surface area contributed by atoms with Crippen LogP contribution in [0.5, 0.6) is 0 Å². The molecular formula is C14H17N. The maximum Gasteiger partial charge on any atom is 0.0272 e. The Morgan fingerprint density at radius 2 is 1.73 bits per heavy atom. The molecule has 0 amide bonds. The summed E-state index contributed by atoms with van der Waals surface area (Å²) in [7, 11) is 0. The fourth-order valence-corrected chi connectivity index (χ4v) is 1.97. The molecule has 0 radical (unpaired) electrons. The molecule has 15 heavy (non-hydrogen) atoms. The van der Waals surface area contributed by atoms with Crippen molar-refractivity contribution in [1.29, 1.82) is 0 Å². The zero-order valence-electron chi connectivity index (χ0n) is 9.54. The monoisotopic (exact) mass is 199 g/mol. The summed E-state index contributed by atoms with van der Waals surface area (Å²) in [6, 6.07) is 10.9. The van der Waals surface area contributed by atoms with Gasteiger partial charge in [-0.2, -0.15) is 0 Å². The van der Waals surface area contributed by atoms with Crippen molar-refractivity contribution < 1.29 is 0 Å². The maximum atomic E-state index is 5.97. The molecule has 0 spiro atoms. The molecule has 0 aromatic heterocycles. The van der Waals surface area contributed by atoms with Gasteiger partial charge in [0, 0.05) is 6.04 Å². The van der Waals surface area contributed by atoms with E-state index in [-0.39, 0.29) is 6.04 Å². The highest BCUT2D eigenvalue weighted by Gasteiger charge is 2.06. The first-order valence-electron chi connectivity index (χ1n) is 5.35. The highest BCUT2D eigenvalue weighted by atomic mass is 14.6. The Balaban J connectivity index is 2.80. The molecule has 1 unspecified atom stereocenters. The van der Waals surface area contributed by atoms with Gasteiger partial charge in [-0.25, -0.2) is 0 Å². The largest absolute Gasteiger partial charge is 0.324 e. The van der Waals surface area contributed by atoms with Gasteiger partial charge in [-0.15, -0.1) is 0 Å². The Bertz CT molecular complexity index is 498. The number of fused-ring (bicyclic) bond motifs is 1. The van der Waals surface area contributed by atoms with Gasteiger partial charge in [-0.05, 0) is 48.2 Å². The molecule has 0 saturated carbocycles. The summed E-state index contributed by atoms with van der Waals surface area (Å²) < 4.78 is 0. The molecule has 2 aromatic carbocycles. The summed E-state index contributed by atoms with van der Waals surface area (Å²) in [6.07, 6.45) is 0. The molecular weight excluding hydrogens is 182 g/mol. The third-order valence-corrected chi connectivity index (χ3v) is 3.02. The average molecular weight is 199 g/mol. The van der Waals surface area contributed by atoms with Gasteiger partial charge in [-0.3, -0.25) is 0 Å². The Morgan fingerprint density at radius 1 is 1.07 bits per heavy atom. The van der Waals surface area contributed by atoms with Gasteiger partial charge in [-0.1, -0.05) is 30.3 Å². The topological polar surface area (TPSA) is 26.0 Å². The van der Waals surface area contributed by atoms with Gasteiger partial charge >= 0.3 is 0 Å². The average Bonchev–Trinajstić information content (AvgIpc) is 2.18. The minimum atomic E-state index is 0.0933. The van der Waals surface area contributed by atoms with E-state index in [9.17, 15) is 0 Å². The predicted octanol–water partition coefficient (Wildman–Crippen LogP) is 3.48. The normalized spacial score (nSPS) is 13.1. The van der Waals surface area contributed by atoms with E-state index in [0.29, 0.717) is 0 Å². The van der Waals surface area contributed by atoms with Crippen LogP contribution in [0.3, 0.4) is 0 Å². The molecule has 2 aromatic rings. The standard InChI is InChI=1S/C14H17N/c1-9-7-12-5-4-6-13(11(3)15)14(12)8-10(9)2/h4-8,11H,15H2,1-3H3. The minimum Gasteiger partial charge on any atom is -0.324 e. The molecule has 2 rings (SSSR count). The Morgan fingerprint density at radius 3 is 2.40 bits per heavy atom. The third kappa shape index (κ3) is 1.75. The van der Waals surface area contributed by atoms with Crippen LogP contribution >= 0.6 is 0 Å². The second kappa shape index (κ2) is 3.67. The van der Waals surface area contributed by atoms with Crippen LogP contribution in [0.25, 0.3) is 10.8 Å². The number of aryl methyl sites for hydroxylation is 2. The van der Waals surface area contributed by atoms with Crippen molar-refractivity contribution in [2.75, 3.05) is 0 Å². The van der Waals surface area contributed by atoms with Crippen LogP contribution in [0, 0.1) is 13.8 Å². The summed E-state index contributed by atoms with van der Waals surface area (Å²) in [5.41, 5.74) is 9.87. The zero-order chi connectivity index (χ0) is 11.0. The van der Waals surface area contributed by atoms with Gasteiger partial charge in [0.25, 0.3) is 0 Å². The number of rotatable bonds is 1. The van der Waals surface area contributed by atoms with Gasteiger partial charge in [0.2, 0.25) is 0 Å². The maximum absolute atomic E-state index is 5.97. The molecule has 1 heteroatoms. The molecule has 2 N–H and O–H groups in total. The second-order valence-corrected chi connectivity index (χ2v) is 4.29. The fraction of sp³-hybridized carbons (Fsp3) is 0.286. The van der Waals surface area contributed by atoms with Crippen LogP contribution in [0.1, 0.15) is 29.7 Å². The van der Waals surface area contributed by atoms with Crippen LogP contribution in [-0.2, 0) is 0 Å². The quantitative estimate of drug-likeness (QED) is 0.747.